The Labute approximate surface area is 156 Å². The van der Waals surface area contributed by atoms with Gasteiger partial charge >= 0.3 is 0 Å². The molecule has 0 N–H and O–H groups in total. The van der Waals surface area contributed by atoms with Gasteiger partial charge in [0.15, 0.2) is 0 Å². The lowest BCUT2D eigenvalue weighted by molar-refractivity contribution is 0.0994. The van der Waals surface area contributed by atoms with Crippen molar-refractivity contribution in [3.63, 3.8) is 0 Å². The van der Waals surface area contributed by atoms with Gasteiger partial charge in [-0.05, 0) is 30.2 Å². The van der Waals surface area contributed by atoms with E-state index in [4.69, 9.17) is 5.10 Å². The molecule has 1 amide bonds. The Morgan fingerprint density at radius 1 is 1.27 bits per heavy atom. The fourth-order valence-electron chi connectivity index (χ4n) is 2.79. The second kappa shape index (κ2) is 6.43. The molecule has 0 unspecified atom stereocenters. The normalized spacial score (nSPS) is 15.6. The lowest BCUT2D eigenvalue weighted by Crippen LogP contribution is -2.20. The third kappa shape index (κ3) is 3.46. The maximum absolute atomic E-state index is 12.9. The minimum Gasteiger partial charge on any atom is -0.265 e. The third-order valence-corrected chi connectivity index (χ3v) is 5.84. The van der Waals surface area contributed by atoms with E-state index in [2.05, 4.69) is 30.7 Å². The third-order valence-electron chi connectivity index (χ3n) is 4.46. The van der Waals surface area contributed by atoms with Crippen molar-refractivity contribution in [2.45, 2.75) is 45.6 Å². The number of amides is 1. The van der Waals surface area contributed by atoms with Gasteiger partial charge in [-0.3, -0.25) is 9.78 Å². The van der Waals surface area contributed by atoms with E-state index in [-0.39, 0.29) is 11.3 Å². The highest BCUT2D eigenvalue weighted by molar-refractivity contribution is 7.09. The van der Waals surface area contributed by atoms with Crippen LogP contribution in [0.25, 0.3) is 10.8 Å². The van der Waals surface area contributed by atoms with Crippen molar-refractivity contribution in [3.8, 4) is 0 Å². The summed E-state index contributed by atoms with van der Waals surface area (Å²) in [4.78, 5) is 22.3. The van der Waals surface area contributed by atoms with Gasteiger partial charge in [0, 0.05) is 23.5 Å². The Morgan fingerprint density at radius 2 is 2.04 bits per heavy atom. The van der Waals surface area contributed by atoms with Gasteiger partial charge in [0.2, 0.25) is 4.80 Å². The number of hydrogen-bond donors (Lipinski definition) is 0. The molecule has 1 fully saturated rings. The standard InChI is InChI=1S/C20H22N4OS/c1-20(2,3)18-23-24(12-13-8-9-13)19(26-18)22-17(25)16-15-7-5-4-6-14(15)10-11-21-16/h4-7,10-11,13H,8-9,12H2,1-3H3. The van der Waals surface area contributed by atoms with Crippen LogP contribution >= 0.6 is 11.3 Å². The van der Waals surface area contributed by atoms with Gasteiger partial charge in [-0.2, -0.15) is 10.1 Å². The fraction of sp³-hybridized carbons (Fsp3) is 0.400. The number of rotatable bonds is 3. The predicted octanol–water partition coefficient (Wildman–Crippen LogP) is 3.94. The largest absolute Gasteiger partial charge is 0.298 e. The first-order valence-electron chi connectivity index (χ1n) is 8.93. The van der Waals surface area contributed by atoms with Crippen LogP contribution in [0.3, 0.4) is 0 Å². The molecule has 2 aromatic heterocycles. The van der Waals surface area contributed by atoms with Crippen molar-refractivity contribution in [2.75, 3.05) is 0 Å². The number of carbonyl (C=O) groups is 1. The number of benzene rings is 1. The molecule has 0 spiro atoms. The van der Waals surface area contributed by atoms with Crippen LogP contribution in [0.1, 0.15) is 49.1 Å². The minimum atomic E-state index is -0.310. The molecular formula is C20H22N4OS. The first-order valence-corrected chi connectivity index (χ1v) is 9.75. The van der Waals surface area contributed by atoms with Crippen molar-refractivity contribution in [2.24, 2.45) is 10.9 Å². The molecule has 5 nitrogen and oxygen atoms in total. The lowest BCUT2D eigenvalue weighted by atomic mass is 9.98. The summed E-state index contributed by atoms with van der Waals surface area (Å²) in [5, 5.41) is 7.56. The number of hydrogen-bond acceptors (Lipinski definition) is 4. The molecule has 1 aromatic carbocycles. The number of nitrogens with zero attached hydrogens (tertiary/aromatic N) is 4. The van der Waals surface area contributed by atoms with Crippen LogP contribution in [0.2, 0.25) is 0 Å². The van der Waals surface area contributed by atoms with Gasteiger partial charge in [0.05, 0.1) is 0 Å². The Hall–Kier alpha value is -2.34. The number of fused-ring (bicyclic) bond motifs is 1. The van der Waals surface area contributed by atoms with Gasteiger partial charge in [-0.1, -0.05) is 56.4 Å². The second-order valence-corrected chi connectivity index (χ2v) is 8.82. The molecule has 6 heteroatoms. The second-order valence-electron chi connectivity index (χ2n) is 7.86. The van der Waals surface area contributed by atoms with Crippen molar-refractivity contribution < 1.29 is 4.79 Å². The summed E-state index contributed by atoms with van der Waals surface area (Å²) in [6.07, 6.45) is 4.12. The highest BCUT2D eigenvalue weighted by atomic mass is 32.1. The van der Waals surface area contributed by atoms with E-state index in [1.165, 1.54) is 24.2 Å². The monoisotopic (exact) mass is 366 g/mol. The van der Waals surface area contributed by atoms with Crippen LogP contribution in [0.5, 0.6) is 0 Å². The molecule has 0 atom stereocenters. The number of pyridine rings is 1. The number of aromatic nitrogens is 3. The van der Waals surface area contributed by atoms with E-state index in [1.54, 1.807) is 6.20 Å². The Bertz CT molecular complexity index is 1030. The zero-order valence-electron chi connectivity index (χ0n) is 15.3. The summed E-state index contributed by atoms with van der Waals surface area (Å²) in [6.45, 7) is 7.23. The summed E-state index contributed by atoms with van der Waals surface area (Å²) in [7, 11) is 0. The molecule has 1 aliphatic carbocycles. The maximum Gasteiger partial charge on any atom is 0.298 e. The lowest BCUT2D eigenvalue weighted by Gasteiger charge is -2.12. The van der Waals surface area contributed by atoms with E-state index in [0.717, 1.165) is 22.3 Å². The first kappa shape index (κ1) is 17.1. The molecule has 0 saturated heterocycles. The van der Waals surface area contributed by atoms with E-state index >= 15 is 0 Å². The van der Waals surface area contributed by atoms with Crippen LogP contribution in [-0.4, -0.2) is 20.7 Å². The van der Waals surface area contributed by atoms with Crippen LogP contribution < -0.4 is 4.80 Å². The van der Waals surface area contributed by atoms with Crippen LogP contribution in [0, 0.1) is 5.92 Å². The van der Waals surface area contributed by atoms with Gasteiger partial charge < -0.3 is 0 Å². The van der Waals surface area contributed by atoms with E-state index in [9.17, 15) is 4.79 Å². The van der Waals surface area contributed by atoms with Gasteiger partial charge in [-0.25, -0.2) is 4.68 Å². The topological polar surface area (TPSA) is 60.1 Å². The smallest absolute Gasteiger partial charge is 0.265 e. The molecule has 0 aliphatic heterocycles. The number of carbonyl (C=O) groups excluding carboxylic acids is 1. The Morgan fingerprint density at radius 3 is 2.77 bits per heavy atom. The van der Waals surface area contributed by atoms with E-state index < -0.39 is 0 Å². The highest BCUT2D eigenvalue weighted by Gasteiger charge is 2.26. The molecule has 3 aromatic rings. The van der Waals surface area contributed by atoms with E-state index in [1.807, 2.05) is 35.0 Å². The molecule has 26 heavy (non-hydrogen) atoms. The van der Waals surface area contributed by atoms with Crippen LogP contribution in [-0.2, 0) is 12.0 Å². The summed E-state index contributed by atoms with van der Waals surface area (Å²) >= 11 is 1.50. The molecule has 0 bridgehead atoms. The molecule has 1 saturated carbocycles. The van der Waals surface area contributed by atoms with Crippen LogP contribution in [0.15, 0.2) is 41.5 Å². The first-order chi connectivity index (χ1) is 12.4. The summed E-state index contributed by atoms with van der Waals surface area (Å²) in [5.74, 6) is 0.352. The van der Waals surface area contributed by atoms with Gasteiger partial charge in [-0.15, -0.1) is 0 Å². The molecular weight excluding hydrogens is 344 g/mol. The maximum atomic E-state index is 12.9. The van der Waals surface area contributed by atoms with Crippen molar-refractivity contribution >= 4 is 28.0 Å². The summed E-state index contributed by atoms with van der Waals surface area (Å²) < 4.78 is 1.91. The predicted molar refractivity (Wildman–Crippen MR) is 103 cm³/mol. The summed E-state index contributed by atoms with van der Waals surface area (Å²) in [6, 6.07) is 9.67. The highest BCUT2D eigenvalue weighted by Crippen LogP contribution is 2.30. The molecule has 1 aliphatic rings. The quantitative estimate of drug-likeness (QED) is 0.705. The minimum absolute atomic E-state index is 0.0650. The summed E-state index contributed by atoms with van der Waals surface area (Å²) in [5.41, 5.74) is 0.330. The van der Waals surface area contributed by atoms with Crippen molar-refractivity contribution in [1.29, 1.82) is 0 Å². The molecule has 2 heterocycles. The van der Waals surface area contributed by atoms with Crippen molar-refractivity contribution in [3.05, 3.63) is 52.0 Å². The van der Waals surface area contributed by atoms with Crippen molar-refractivity contribution in [1.82, 2.24) is 14.8 Å². The molecule has 134 valence electrons. The average molecular weight is 366 g/mol. The van der Waals surface area contributed by atoms with E-state index in [0.29, 0.717) is 16.4 Å². The average Bonchev–Trinajstić information content (AvgIpc) is 3.33. The Balaban J connectivity index is 1.79. The van der Waals surface area contributed by atoms with Crippen LogP contribution in [0.4, 0.5) is 0 Å². The fourth-order valence-corrected chi connectivity index (χ4v) is 3.76. The zero-order valence-corrected chi connectivity index (χ0v) is 16.1. The molecule has 0 radical (unpaired) electrons. The molecule has 4 rings (SSSR count). The van der Waals surface area contributed by atoms with Gasteiger partial charge in [0.25, 0.3) is 5.91 Å². The SMILES string of the molecule is CC(C)(C)c1nn(CC2CC2)c(=NC(=O)c2nccc3ccccc23)s1. The zero-order chi connectivity index (χ0) is 18.3. The Kier molecular flexibility index (Phi) is 4.23. The van der Waals surface area contributed by atoms with Gasteiger partial charge in [0.1, 0.15) is 10.7 Å².